The number of nitrogens with one attached hydrogen (secondary N) is 1. The molecule has 1 N–H and O–H groups in total. The Morgan fingerprint density at radius 3 is 2.90 bits per heavy atom. The minimum Gasteiger partial charge on any atom is -0.370 e. The molecule has 1 aromatic heterocycles. The number of hydrogen-bond donors (Lipinski definition) is 1. The third-order valence-electron chi connectivity index (χ3n) is 5.54. The Hall–Kier alpha value is -2.83. The summed E-state index contributed by atoms with van der Waals surface area (Å²) in [5.74, 6) is 0.0219. The predicted octanol–water partition coefficient (Wildman–Crippen LogP) is 1.95. The van der Waals surface area contributed by atoms with Gasteiger partial charge in [-0.2, -0.15) is 5.10 Å². The number of carbonyl (C=O) groups is 1. The Balaban J connectivity index is 1.53. The molecule has 1 aromatic carbocycles. The maximum Gasteiger partial charge on any atom is 0.268 e. The number of anilines is 2. The molecule has 156 valence electrons. The number of aromatic nitrogens is 2. The van der Waals surface area contributed by atoms with Gasteiger partial charge in [0.25, 0.3) is 5.56 Å². The SMILES string of the molecule is CCN(CCNC(=O)C1CCCN(c2cnn(C)c(=O)c2)C1)c1cccc(C)c1. The molecule has 2 heterocycles. The molecule has 29 heavy (non-hydrogen) atoms. The molecule has 0 radical (unpaired) electrons. The van der Waals surface area contributed by atoms with Crippen molar-refractivity contribution in [3.63, 3.8) is 0 Å². The summed E-state index contributed by atoms with van der Waals surface area (Å²) in [4.78, 5) is 28.9. The predicted molar refractivity (Wildman–Crippen MR) is 116 cm³/mol. The molecule has 2 aromatic rings. The molecule has 1 amide bonds. The fourth-order valence-corrected chi connectivity index (χ4v) is 3.81. The zero-order valence-corrected chi connectivity index (χ0v) is 17.6. The first-order chi connectivity index (χ1) is 14.0. The standard InChI is InChI=1S/C22H31N5O2/c1-4-26(19-9-5-7-17(2)13-19)12-10-23-22(29)18-8-6-11-27(16-18)20-14-21(28)25(3)24-15-20/h5,7,9,13-15,18H,4,6,8,10-12,16H2,1-3H3,(H,23,29). The summed E-state index contributed by atoms with van der Waals surface area (Å²) in [6.45, 7) is 7.97. The van der Waals surface area contributed by atoms with Gasteiger partial charge >= 0.3 is 0 Å². The van der Waals surface area contributed by atoms with Crippen molar-refractivity contribution in [2.75, 3.05) is 42.5 Å². The molecule has 0 bridgehead atoms. The van der Waals surface area contributed by atoms with Crippen LogP contribution < -0.4 is 20.7 Å². The van der Waals surface area contributed by atoms with Crippen molar-refractivity contribution in [3.8, 4) is 0 Å². The van der Waals surface area contributed by atoms with Gasteiger partial charge in [-0.25, -0.2) is 4.68 Å². The highest BCUT2D eigenvalue weighted by molar-refractivity contribution is 5.79. The van der Waals surface area contributed by atoms with E-state index in [4.69, 9.17) is 0 Å². The molecule has 1 aliphatic rings. The molecule has 1 aliphatic heterocycles. The third kappa shape index (κ3) is 5.37. The van der Waals surface area contributed by atoms with E-state index in [2.05, 4.69) is 58.3 Å². The number of nitrogens with zero attached hydrogens (tertiary/aromatic N) is 4. The van der Waals surface area contributed by atoms with Crippen LogP contribution in [0.2, 0.25) is 0 Å². The van der Waals surface area contributed by atoms with Crippen LogP contribution in [0, 0.1) is 12.8 Å². The average Bonchev–Trinajstić information content (AvgIpc) is 2.73. The monoisotopic (exact) mass is 397 g/mol. The van der Waals surface area contributed by atoms with Crippen LogP contribution in [0.15, 0.2) is 41.3 Å². The van der Waals surface area contributed by atoms with E-state index in [1.807, 2.05) is 0 Å². The fourth-order valence-electron chi connectivity index (χ4n) is 3.81. The fraction of sp³-hybridized carbons (Fsp3) is 0.500. The van der Waals surface area contributed by atoms with Crippen molar-refractivity contribution < 1.29 is 4.79 Å². The number of aryl methyl sites for hydroxylation is 2. The van der Waals surface area contributed by atoms with Gasteiger partial charge in [-0.05, 0) is 44.4 Å². The van der Waals surface area contributed by atoms with Crippen molar-refractivity contribution >= 4 is 17.3 Å². The number of hydrogen-bond acceptors (Lipinski definition) is 5. The molecule has 1 atom stereocenters. The van der Waals surface area contributed by atoms with Crippen molar-refractivity contribution in [2.24, 2.45) is 13.0 Å². The van der Waals surface area contributed by atoms with Gasteiger partial charge in [-0.3, -0.25) is 9.59 Å². The summed E-state index contributed by atoms with van der Waals surface area (Å²) in [7, 11) is 1.63. The van der Waals surface area contributed by atoms with Crippen molar-refractivity contribution in [3.05, 3.63) is 52.4 Å². The Kier molecular flexibility index (Phi) is 6.90. The lowest BCUT2D eigenvalue weighted by Crippen LogP contribution is -2.45. The Morgan fingerprint density at radius 2 is 2.17 bits per heavy atom. The topological polar surface area (TPSA) is 70.5 Å². The maximum absolute atomic E-state index is 12.7. The van der Waals surface area contributed by atoms with Gasteiger partial charge in [0.05, 0.1) is 17.8 Å². The van der Waals surface area contributed by atoms with Crippen LogP contribution in [-0.4, -0.2) is 48.4 Å². The van der Waals surface area contributed by atoms with Crippen LogP contribution in [0.4, 0.5) is 11.4 Å². The van der Waals surface area contributed by atoms with Crippen molar-refractivity contribution in [2.45, 2.75) is 26.7 Å². The second-order valence-electron chi connectivity index (χ2n) is 7.67. The summed E-state index contributed by atoms with van der Waals surface area (Å²) in [5, 5.41) is 7.20. The van der Waals surface area contributed by atoms with Crippen LogP contribution in [0.25, 0.3) is 0 Å². The van der Waals surface area contributed by atoms with Gasteiger partial charge < -0.3 is 15.1 Å². The molecule has 7 nitrogen and oxygen atoms in total. The summed E-state index contributed by atoms with van der Waals surface area (Å²) >= 11 is 0. The van der Waals surface area contributed by atoms with Crippen molar-refractivity contribution in [1.82, 2.24) is 15.1 Å². The van der Waals surface area contributed by atoms with Crippen LogP contribution in [-0.2, 0) is 11.8 Å². The molecule has 0 spiro atoms. The number of rotatable bonds is 7. The van der Waals surface area contributed by atoms with E-state index in [1.54, 1.807) is 19.3 Å². The van der Waals surface area contributed by atoms with E-state index >= 15 is 0 Å². The minimum atomic E-state index is -0.134. The molecule has 3 rings (SSSR count). The number of carbonyl (C=O) groups excluding carboxylic acids is 1. The quantitative estimate of drug-likeness (QED) is 0.773. The molecule has 0 saturated carbocycles. The smallest absolute Gasteiger partial charge is 0.268 e. The highest BCUT2D eigenvalue weighted by atomic mass is 16.2. The zero-order valence-electron chi connectivity index (χ0n) is 17.6. The summed E-state index contributed by atoms with van der Waals surface area (Å²) in [6, 6.07) is 10.0. The molecule has 0 aliphatic carbocycles. The Labute approximate surface area is 172 Å². The molecular weight excluding hydrogens is 366 g/mol. The van der Waals surface area contributed by atoms with Crippen LogP contribution >= 0.6 is 0 Å². The van der Waals surface area contributed by atoms with Gasteiger partial charge in [-0.15, -0.1) is 0 Å². The van der Waals surface area contributed by atoms with E-state index in [1.165, 1.54) is 15.9 Å². The molecule has 7 heteroatoms. The maximum atomic E-state index is 12.7. The number of likely N-dealkylation sites (N-methyl/N-ethyl adjacent to an activating group) is 1. The van der Waals surface area contributed by atoms with Crippen LogP contribution in [0.3, 0.4) is 0 Å². The Morgan fingerprint density at radius 1 is 1.34 bits per heavy atom. The van der Waals surface area contributed by atoms with Crippen molar-refractivity contribution in [1.29, 1.82) is 0 Å². The van der Waals surface area contributed by atoms with E-state index in [9.17, 15) is 9.59 Å². The third-order valence-corrected chi connectivity index (χ3v) is 5.54. The van der Waals surface area contributed by atoms with E-state index in [-0.39, 0.29) is 17.4 Å². The average molecular weight is 398 g/mol. The summed E-state index contributed by atoms with van der Waals surface area (Å²) < 4.78 is 1.31. The number of benzene rings is 1. The van der Waals surface area contributed by atoms with Crippen LogP contribution in [0.5, 0.6) is 0 Å². The van der Waals surface area contributed by atoms with E-state index < -0.39 is 0 Å². The lowest BCUT2D eigenvalue weighted by molar-refractivity contribution is -0.125. The zero-order chi connectivity index (χ0) is 20.8. The lowest BCUT2D eigenvalue weighted by atomic mass is 9.97. The lowest BCUT2D eigenvalue weighted by Gasteiger charge is -2.33. The van der Waals surface area contributed by atoms with Gasteiger partial charge in [0.15, 0.2) is 0 Å². The molecular formula is C22H31N5O2. The first-order valence-corrected chi connectivity index (χ1v) is 10.4. The second-order valence-corrected chi connectivity index (χ2v) is 7.67. The van der Waals surface area contributed by atoms with Gasteiger partial charge in [0, 0.05) is 51.5 Å². The van der Waals surface area contributed by atoms with Gasteiger partial charge in [0.2, 0.25) is 5.91 Å². The van der Waals surface area contributed by atoms with E-state index in [0.29, 0.717) is 13.1 Å². The highest BCUT2D eigenvalue weighted by Gasteiger charge is 2.26. The molecule has 1 saturated heterocycles. The first-order valence-electron chi connectivity index (χ1n) is 10.4. The summed E-state index contributed by atoms with van der Waals surface area (Å²) in [5.41, 5.74) is 3.08. The first kappa shape index (κ1) is 20.9. The number of amides is 1. The van der Waals surface area contributed by atoms with E-state index in [0.717, 1.165) is 38.2 Å². The number of piperidine rings is 1. The molecule has 1 fully saturated rings. The van der Waals surface area contributed by atoms with Gasteiger partial charge in [-0.1, -0.05) is 12.1 Å². The highest BCUT2D eigenvalue weighted by Crippen LogP contribution is 2.22. The minimum absolute atomic E-state index is 0.0677. The Bertz CT molecular complexity index is 895. The van der Waals surface area contributed by atoms with Crippen LogP contribution in [0.1, 0.15) is 25.3 Å². The summed E-state index contributed by atoms with van der Waals surface area (Å²) in [6.07, 6.45) is 3.50. The second kappa shape index (κ2) is 9.58. The largest absolute Gasteiger partial charge is 0.370 e. The normalized spacial score (nSPS) is 16.5. The van der Waals surface area contributed by atoms with Gasteiger partial charge in [0.1, 0.15) is 0 Å². The molecule has 1 unspecified atom stereocenters.